The normalized spacial score (nSPS) is 15.8. The molecule has 0 unspecified atom stereocenters. The van der Waals surface area contributed by atoms with Gasteiger partial charge < -0.3 is 9.84 Å². The Hall–Kier alpha value is -2.39. The molecule has 0 spiro atoms. The van der Waals surface area contributed by atoms with Crippen LogP contribution in [-0.4, -0.2) is 41.9 Å². The van der Waals surface area contributed by atoms with E-state index in [9.17, 15) is 18.3 Å². The number of carboxylic acids is 1. The molecule has 3 rings (SSSR count). The summed E-state index contributed by atoms with van der Waals surface area (Å²) in [5, 5.41) is 13.0. The van der Waals surface area contributed by atoms with Crippen LogP contribution in [0.4, 0.5) is 0 Å². The van der Waals surface area contributed by atoms with E-state index in [4.69, 9.17) is 4.74 Å². The van der Waals surface area contributed by atoms with Gasteiger partial charge in [0.25, 0.3) is 0 Å². The zero-order valence-corrected chi connectivity index (χ0v) is 14.7. The molecular formula is C16H19N3O5S. The van der Waals surface area contributed by atoms with Gasteiger partial charge in [-0.15, -0.1) is 0 Å². The number of methoxy groups -OCH3 is 1. The number of benzene rings is 1. The number of aromatic carboxylic acids is 1. The Morgan fingerprint density at radius 3 is 2.76 bits per heavy atom. The van der Waals surface area contributed by atoms with Gasteiger partial charge in [0.2, 0.25) is 10.0 Å². The van der Waals surface area contributed by atoms with E-state index in [2.05, 4.69) is 9.82 Å². The fraction of sp³-hybridized carbons (Fsp3) is 0.375. The van der Waals surface area contributed by atoms with Gasteiger partial charge in [-0.25, -0.2) is 17.9 Å². The summed E-state index contributed by atoms with van der Waals surface area (Å²) in [6.45, 7) is 0. The summed E-state index contributed by atoms with van der Waals surface area (Å²) in [4.78, 5) is 11.0. The molecule has 9 heteroatoms. The highest BCUT2D eigenvalue weighted by molar-refractivity contribution is 7.89. The van der Waals surface area contributed by atoms with Crippen LogP contribution in [0.1, 0.15) is 28.9 Å². The molecular weight excluding hydrogens is 346 g/mol. The molecule has 2 aromatic rings. The van der Waals surface area contributed by atoms with Crippen LogP contribution in [-0.2, 0) is 23.5 Å². The van der Waals surface area contributed by atoms with Crippen LogP contribution >= 0.6 is 0 Å². The highest BCUT2D eigenvalue weighted by Gasteiger charge is 2.47. The number of hydrogen-bond acceptors (Lipinski definition) is 5. The Labute approximate surface area is 145 Å². The highest BCUT2D eigenvalue weighted by atomic mass is 32.2. The maximum atomic E-state index is 12.7. The van der Waals surface area contributed by atoms with E-state index in [0.717, 1.165) is 16.4 Å². The van der Waals surface area contributed by atoms with Crippen molar-refractivity contribution in [2.75, 3.05) is 7.11 Å². The molecule has 0 amide bonds. The fourth-order valence-electron chi connectivity index (χ4n) is 2.84. The Morgan fingerprint density at radius 1 is 1.44 bits per heavy atom. The summed E-state index contributed by atoms with van der Waals surface area (Å²) < 4.78 is 34.3. The van der Waals surface area contributed by atoms with Crippen molar-refractivity contribution in [3.05, 3.63) is 41.7 Å². The summed E-state index contributed by atoms with van der Waals surface area (Å²) in [7, 11) is -1.02. The zero-order valence-electron chi connectivity index (χ0n) is 13.9. The monoisotopic (exact) mass is 365 g/mol. The van der Waals surface area contributed by atoms with Gasteiger partial charge in [-0.2, -0.15) is 5.10 Å². The fourth-order valence-corrected chi connectivity index (χ4v) is 4.45. The summed E-state index contributed by atoms with van der Waals surface area (Å²) >= 11 is 0. The number of aryl methyl sites for hydroxylation is 1. The maximum Gasteiger partial charge on any atom is 0.355 e. The SMILES string of the molecule is COc1cccc(CC2(NS(=O)(=O)c3cnn(C)c3C(=O)O)CC2)c1. The number of hydrogen-bond donors (Lipinski definition) is 2. The summed E-state index contributed by atoms with van der Waals surface area (Å²) in [6.07, 6.45) is 2.94. The molecule has 0 aliphatic heterocycles. The van der Waals surface area contributed by atoms with Crippen LogP contribution in [0.25, 0.3) is 0 Å². The van der Waals surface area contributed by atoms with E-state index < -0.39 is 21.5 Å². The minimum absolute atomic E-state index is 0.320. The van der Waals surface area contributed by atoms with Crippen LogP contribution in [0.5, 0.6) is 5.75 Å². The van der Waals surface area contributed by atoms with E-state index in [1.54, 1.807) is 7.11 Å². The number of nitrogens with one attached hydrogen (secondary N) is 1. The predicted octanol–water partition coefficient (Wildman–Crippen LogP) is 1.18. The first-order valence-electron chi connectivity index (χ1n) is 7.68. The molecule has 1 aromatic heterocycles. The molecule has 1 aromatic carbocycles. The van der Waals surface area contributed by atoms with Crippen molar-refractivity contribution in [1.82, 2.24) is 14.5 Å². The molecule has 1 fully saturated rings. The summed E-state index contributed by atoms with van der Waals surface area (Å²) in [5.41, 5.74) is -0.00883. The topological polar surface area (TPSA) is 111 Å². The molecule has 0 saturated heterocycles. The molecule has 134 valence electrons. The second-order valence-corrected chi connectivity index (χ2v) is 7.85. The lowest BCUT2D eigenvalue weighted by atomic mass is 10.1. The van der Waals surface area contributed by atoms with Gasteiger partial charge in [0.1, 0.15) is 10.6 Å². The van der Waals surface area contributed by atoms with Gasteiger partial charge in [-0.1, -0.05) is 12.1 Å². The second-order valence-electron chi connectivity index (χ2n) is 6.20. The van der Waals surface area contributed by atoms with Crippen molar-refractivity contribution in [3.8, 4) is 5.75 Å². The van der Waals surface area contributed by atoms with Gasteiger partial charge in [0.05, 0.1) is 13.3 Å². The lowest BCUT2D eigenvalue weighted by Crippen LogP contribution is -2.39. The zero-order chi connectivity index (χ0) is 18.2. The molecule has 0 atom stereocenters. The largest absolute Gasteiger partial charge is 0.497 e. The van der Waals surface area contributed by atoms with E-state index >= 15 is 0 Å². The Morgan fingerprint density at radius 2 is 2.16 bits per heavy atom. The van der Waals surface area contributed by atoms with E-state index in [0.29, 0.717) is 25.0 Å². The van der Waals surface area contributed by atoms with Crippen molar-refractivity contribution in [3.63, 3.8) is 0 Å². The second kappa shape index (κ2) is 6.16. The van der Waals surface area contributed by atoms with Gasteiger partial charge in [-0.05, 0) is 37.0 Å². The average molecular weight is 365 g/mol. The minimum atomic E-state index is -3.99. The van der Waals surface area contributed by atoms with Crippen molar-refractivity contribution >= 4 is 16.0 Å². The third-order valence-corrected chi connectivity index (χ3v) is 5.86. The predicted molar refractivity (Wildman–Crippen MR) is 89.2 cm³/mol. The van der Waals surface area contributed by atoms with E-state index in [1.165, 1.54) is 7.05 Å². The average Bonchev–Trinajstić information content (AvgIpc) is 3.15. The minimum Gasteiger partial charge on any atom is -0.497 e. The van der Waals surface area contributed by atoms with Crippen LogP contribution in [0.15, 0.2) is 35.4 Å². The lowest BCUT2D eigenvalue weighted by molar-refractivity contribution is 0.0680. The van der Waals surface area contributed by atoms with Gasteiger partial charge in [0, 0.05) is 12.6 Å². The molecule has 8 nitrogen and oxygen atoms in total. The molecule has 1 saturated carbocycles. The maximum absolute atomic E-state index is 12.7. The number of nitrogens with zero attached hydrogens (tertiary/aromatic N) is 2. The number of ether oxygens (including phenoxy) is 1. The van der Waals surface area contributed by atoms with E-state index in [1.807, 2.05) is 24.3 Å². The van der Waals surface area contributed by atoms with Crippen molar-refractivity contribution in [2.45, 2.75) is 29.7 Å². The third-order valence-electron chi connectivity index (χ3n) is 4.28. The first-order chi connectivity index (χ1) is 11.8. The third kappa shape index (κ3) is 3.52. The smallest absolute Gasteiger partial charge is 0.355 e. The number of aromatic nitrogens is 2. The molecule has 1 aliphatic rings. The molecule has 0 bridgehead atoms. The number of rotatable bonds is 7. The molecule has 25 heavy (non-hydrogen) atoms. The first kappa shape index (κ1) is 17.4. The Kier molecular flexibility index (Phi) is 4.29. The van der Waals surface area contributed by atoms with Gasteiger partial charge in [0.15, 0.2) is 5.69 Å². The molecule has 0 radical (unpaired) electrons. The number of carbonyl (C=O) groups is 1. The van der Waals surface area contributed by atoms with Gasteiger partial charge >= 0.3 is 5.97 Å². The number of carboxylic acid groups (broad SMARTS) is 1. The first-order valence-corrected chi connectivity index (χ1v) is 9.17. The summed E-state index contributed by atoms with van der Waals surface area (Å²) in [5.74, 6) is -0.630. The van der Waals surface area contributed by atoms with E-state index in [-0.39, 0.29) is 10.6 Å². The quantitative estimate of drug-likeness (QED) is 0.762. The Balaban J connectivity index is 1.84. The van der Waals surface area contributed by atoms with Crippen LogP contribution in [0.2, 0.25) is 0 Å². The molecule has 2 N–H and O–H groups in total. The van der Waals surface area contributed by atoms with Crippen LogP contribution < -0.4 is 9.46 Å². The number of sulfonamides is 1. The molecule has 1 heterocycles. The van der Waals surface area contributed by atoms with Crippen molar-refractivity contribution < 1.29 is 23.1 Å². The van der Waals surface area contributed by atoms with Crippen LogP contribution in [0, 0.1) is 0 Å². The lowest BCUT2D eigenvalue weighted by Gasteiger charge is -2.18. The standard InChI is InChI=1S/C16H19N3O5S/c1-19-14(15(20)21)13(10-17-19)25(22,23)18-16(6-7-16)9-11-4-3-5-12(8-11)24-2/h3-5,8,10,18H,6-7,9H2,1-2H3,(H,20,21). The highest BCUT2D eigenvalue weighted by Crippen LogP contribution is 2.40. The van der Waals surface area contributed by atoms with Gasteiger partial charge in [-0.3, -0.25) is 4.68 Å². The Bertz CT molecular complexity index is 916. The van der Waals surface area contributed by atoms with Crippen LogP contribution in [0.3, 0.4) is 0 Å². The molecule has 1 aliphatic carbocycles. The van der Waals surface area contributed by atoms with Crippen molar-refractivity contribution in [2.24, 2.45) is 7.05 Å². The summed E-state index contributed by atoms with van der Waals surface area (Å²) in [6, 6.07) is 7.44. The van der Waals surface area contributed by atoms with Crippen molar-refractivity contribution in [1.29, 1.82) is 0 Å².